The third-order valence-electron chi connectivity index (χ3n) is 3.65. The number of hydrogen-bond acceptors (Lipinski definition) is 2. The third-order valence-corrected chi connectivity index (χ3v) is 3.65. The van der Waals surface area contributed by atoms with Crippen molar-refractivity contribution in [1.82, 2.24) is 14.9 Å². The highest BCUT2D eigenvalue weighted by molar-refractivity contribution is 5.92. The largest absolute Gasteiger partial charge is 0.357 e. The average molecular weight is 255 g/mol. The quantitative estimate of drug-likeness (QED) is 0.913. The molecule has 1 unspecified atom stereocenters. The summed E-state index contributed by atoms with van der Waals surface area (Å²) in [5.41, 5.74) is 1.93. The van der Waals surface area contributed by atoms with Crippen LogP contribution in [0.3, 0.4) is 0 Å². The van der Waals surface area contributed by atoms with Crippen molar-refractivity contribution in [2.75, 3.05) is 13.1 Å². The minimum Gasteiger partial charge on any atom is -0.357 e. The van der Waals surface area contributed by atoms with Gasteiger partial charge in [0.2, 0.25) is 0 Å². The number of H-pyrrole nitrogens is 1. The van der Waals surface area contributed by atoms with Crippen LogP contribution < -0.4 is 0 Å². The molecule has 0 spiro atoms. The van der Waals surface area contributed by atoms with Crippen molar-refractivity contribution in [3.8, 4) is 0 Å². The topological polar surface area (TPSA) is 49.0 Å². The zero-order valence-corrected chi connectivity index (χ0v) is 10.7. The molecule has 0 aliphatic carbocycles. The fourth-order valence-corrected chi connectivity index (χ4v) is 2.67. The zero-order chi connectivity index (χ0) is 13.1. The minimum atomic E-state index is 0.110. The molecule has 1 fully saturated rings. The normalized spacial score (nSPS) is 18.7. The number of rotatable bonds is 3. The van der Waals surface area contributed by atoms with Crippen LogP contribution in [0.15, 0.2) is 42.9 Å². The van der Waals surface area contributed by atoms with Gasteiger partial charge in [-0.25, -0.2) is 0 Å². The van der Waals surface area contributed by atoms with Gasteiger partial charge in [-0.2, -0.15) is 0 Å². The first-order chi connectivity index (χ1) is 9.33. The molecule has 4 heteroatoms. The van der Waals surface area contributed by atoms with Gasteiger partial charge < -0.3 is 9.88 Å². The Kier molecular flexibility index (Phi) is 3.31. The van der Waals surface area contributed by atoms with Crippen LogP contribution in [0.4, 0.5) is 0 Å². The van der Waals surface area contributed by atoms with Gasteiger partial charge in [0.1, 0.15) is 5.69 Å². The fourth-order valence-electron chi connectivity index (χ4n) is 2.67. The second-order valence-corrected chi connectivity index (χ2v) is 5.06. The predicted octanol–water partition coefficient (Wildman–Crippen LogP) is 2.11. The number of aromatic amines is 1. The number of nitrogens with zero attached hydrogens (tertiary/aromatic N) is 2. The molecule has 0 radical (unpaired) electrons. The molecule has 0 saturated carbocycles. The lowest BCUT2D eigenvalue weighted by atomic mass is 10.0. The highest BCUT2D eigenvalue weighted by Gasteiger charge is 2.27. The Morgan fingerprint density at radius 1 is 1.42 bits per heavy atom. The predicted molar refractivity (Wildman–Crippen MR) is 72.7 cm³/mol. The number of hydrogen-bond donors (Lipinski definition) is 1. The smallest absolute Gasteiger partial charge is 0.270 e. The van der Waals surface area contributed by atoms with Crippen LogP contribution in [-0.4, -0.2) is 33.9 Å². The van der Waals surface area contributed by atoms with E-state index in [2.05, 4.69) is 16.0 Å². The summed E-state index contributed by atoms with van der Waals surface area (Å²) in [6.45, 7) is 1.69. The summed E-state index contributed by atoms with van der Waals surface area (Å²) >= 11 is 0. The molecular weight excluding hydrogens is 238 g/mol. The summed E-state index contributed by atoms with van der Waals surface area (Å²) in [5.74, 6) is 0.654. The number of pyridine rings is 1. The molecule has 4 nitrogen and oxygen atoms in total. The second kappa shape index (κ2) is 5.26. The summed E-state index contributed by atoms with van der Waals surface area (Å²) in [4.78, 5) is 21.2. The van der Waals surface area contributed by atoms with E-state index in [-0.39, 0.29) is 5.91 Å². The monoisotopic (exact) mass is 255 g/mol. The molecule has 3 rings (SSSR count). The van der Waals surface area contributed by atoms with Crippen molar-refractivity contribution in [2.45, 2.75) is 12.8 Å². The molecule has 1 aliphatic rings. The van der Waals surface area contributed by atoms with Gasteiger partial charge in [-0.15, -0.1) is 0 Å². The van der Waals surface area contributed by atoms with E-state index >= 15 is 0 Å². The van der Waals surface area contributed by atoms with E-state index in [4.69, 9.17) is 0 Å². The molecule has 2 aromatic rings. The summed E-state index contributed by atoms with van der Waals surface area (Å²) in [5, 5.41) is 0. The average Bonchev–Trinajstić information content (AvgIpc) is 3.10. The van der Waals surface area contributed by atoms with Crippen LogP contribution in [0.1, 0.15) is 22.5 Å². The molecule has 19 heavy (non-hydrogen) atoms. The number of carbonyl (C=O) groups excluding carboxylic acids is 1. The molecule has 1 atom stereocenters. The molecule has 1 N–H and O–H groups in total. The van der Waals surface area contributed by atoms with E-state index in [1.54, 1.807) is 12.4 Å². The number of amides is 1. The van der Waals surface area contributed by atoms with Gasteiger partial charge in [-0.3, -0.25) is 9.78 Å². The van der Waals surface area contributed by atoms with Gasteiger partial charge in [0, 0.05) is 31.7 Å². The summed E-state index contributed by atoms with van der Waals surface area (Å²) in [7, 11) is 0. The summed E-state index contributed by atoms with van der Waals surface area (Å²) in [6.07, 6.45) is 7.56. The van der Waals surface area contributed by atoms with E-state index in [1.807, 2.05) is 29.3 Å². The van der Waals surface area contributed by atoms with Crippen molar-refractivity contribution in [2.24, 2.45) is 5.92 Å². The van der Waals surface area contributed by atoms with Crippen molar-refractivity contribution in [1.29, 1.82) is 0 Å². The van der Waals surface area contributed by atoms with Gasteiger partial charge in [-0.1, -0.05) is 6.07 Å². The van der Waals surface area contributed by atoms with Crippen LogP contribution in [0.25, 0.3) is 0 Å². The molecule has 0 aromatic carbocycles. The first-order valence-electron chi connectivity index (χ1n) is 6.64. The van der Waals surface area contributed by atoms with E-state index < -0.39 is 0 Å². The maximum Gasteiger partial charge on any atom is 0.270 e. The molecule has 1 amide bonds. The lowest BCUT2D eigenvalue weighted by Crippen LogP contribution is -2.29. The SMILES string of the molecule is O=C(c1ccc[nH]1)N1CCC(Cc2cccnc2)C1. The van der Waals surface area contributed by atoms with Crippen molar-refractivity contribution in [3.63, 3.8) is 0 Å². The lowest BCUT2D eigenvalue weighted by molar-refractivity contribution is 0.0782. The van der Waals surface area contributed by atoms with Gasteiger partial charge in [0.05, 0.1) is 0 Å². The fraction of sp³-hybridized carbons (Fsp3) is 0.333. The maximum atomic E-state index is 12.2. The summed E-state index contributed by atoms with van der Waals surface area (Å²) < 4.78 is 0. The van der Waals surface area contributed by atoms with Gasteiger partial charge in [-0.05, 0) is 42.5 Å². The first-order valence-corrected chi connectivity index (χ1v) is 6.64. The number of aromatic nitrogens is 2. The Morgan fingerprint density at radius 2 is 2.37 bits per heavy atom. The van der Waals surface area contributed by atoms with E-state index in [9.17, 15) is 4.79 Å². The molecule has 98 valence electrons. The molecule has 3 heterocycles. The van der Waals surface area contributed by atoms with Crippen LogP contribution in [-0.2, 0) is 6.42 Å². The number of likely N-dealkylation sites (tertiary alicyclic amines) is 1. The number of nitrogens with one attached hydrogen (secondary N) is 1. The van der Waals surface area contributed by atoms with Gasteiger partial charge in [0.25, 0.3) is 5.91 Å². The Morgan fingerprint density at radius 3 is 3.11 bits per heavy atom. The first kappa shape index (κ1) is 12.0. The van der Waals surface area contributed by atoms with Crippen LogP contribution >= 0.6 is 0 Å². The molecule has 1 aliphatic heterocycles. The van der Waals surface area contributed by atoms with Gasteiger partial charge >= 0.3 is 0 Å². The third kappa shape index (κ3) is 2.67. The Hall–Kier alpha value is -2.10. The van der Waals surface area contributed by atoms with E-state index in [0.29, 0.717) is 11.6 Å². The highest BCUT2D eigenvalue weighted by atomic mass is 16.2. The van der Waals surface area contributed by atoms with Crippen LogP contribution in [0.5, 0.6) is 0 Å². The van der Waals surface area contributed by atoms with E-state index in [0.717, 1.165) is 25.9 Å². The van der Waals surface area contributed by atoms with Crippen LogP contribution in [0, 0.1) is 5.92 Å². The molecule has 2 aromatic heterocycles. The number of carbonyl (C=O) groups is 1. The van der Waals surface area contributed by atoms with Crippen molar-refractivity contribution in [3.05, 3.63) is 54.1 Å². The second-order valence-electron chi connectivity index (χ2n) is 5.06. The lowest BCUT2D eigenvalue weighted by Gasteiger charge is -2.15. The Bertz CT molecular complexity index is 536. The Labute approximate surface area is 112 Å². The van der Waals surface area contributed by atoms with Crippen molar-refractivity contribution < 1.29 is 4.79 Å². The van der Waals surface area contributed by atoms with Gasteiger partial charge in [0.15, 0.2) is 0 Å². The minimum absolute atomic E-state index is 0.110. The molecule has 1 saturated heterocycles. The van der Waals surface area contributed by atoms with Crippen molar-refractivity contribution >= 4 is 5.91 Å². The molecular formula is C15H17N3O. The summed E-state index contributed by atoms with van der Waals surface area (Å²) in [6, 6.07) is 7.75. The van der Waals surface area contributed by atoms with Crippen LogP contribution in [0.2, 0.25) is 0 Å². The maximum absolute atomic E-state index is 12.2. The standard InChI is InChI=1S/C15H17N3O/c19-15(14-4-2-7-17-14)18-8-5-13(11-18)9-12-3-1-6-16-10-12/h1-4,6-7,10,13,17H,5,8-9,11H2. The molecule has 0 bridgehead atoms. The highest BCUT2D eigenvalue weighted by Crippen LogP contribution is 2.21. The Balaban J connectivity index is 1.60. The zero-order valence-electron chi connectivity index (χ0n) is 10.7. The van der Waals surface area contributed by atoms with E-state index in [1.165, 1.54) is 5.56 Å².